The van der Waals surface area contributed by atoms with Gasteiger partial charge in [0, 0.05) is 58.9 Å². The Morgan fingerprint density at radius 2 is 1.67 bits per heavy atom. The van der Waals surface area contributed by atoms with Crippen LogP contribution in [0.2, 0.25) is 0 Å². The number of aliphatic imine (C=N–C) groups is 2. The quantitative estimate of drug-likeness (QED) is 0.111. The van der Waals surface area contributed by atoms with Crippen molar-refractivity contribution in [2.45, 2.75) is 132 Å². The fraction of sp³-hybridized carbons (Fsp3) is 0.548. The van der Waals surface area contributed by atoms with E-state index in [0.29, 0.717) is 78.8 Å². The number of amides is 4. The number of ether oxygens (including phenoxy) is 1. The molecule has 4 amide bonds. The van der Waals surface area contributed by atoms with Crippen LogP contribution in [0.15, 0.2) is 68.8 Å². The van der Waals surface area contributed by atoms with Crippen LogP contribution in [0.5, 0.6) is 0 Å². The molecule has 0 unspecified atom stereocenters. The van der Waals surface area contributed by atoms with Gasteiger partial charge in [-0.3, -0.25) is 29.0 Å². The average Bonchev–Trinajstić information content (AvgIpc) is 3.60. The SMILES string of the molecule is CC1=C(C)C(=O)C(CCCC/C(=N\C(=O)[C@@H]2CCCN2C(=O)[C@H](/C=C/C(CC(C)C)=N\C(=O)OC(C)C)Cc2ccccn2)C(=O)NC(C)C)=C(C)C1=O. The van der Waals surface area contributed by atoms with E-state index in [1.807, 2.05) is 39.8 Å². The second-order valence-corrected chi connectivity index (χ2v) is 15.1. The zero-order valence-corrected chi connectivity index (χ0v) is 33.4. The molecule has 1 aliphatic heterocycles. The van der Waals surface area contributed by atoms with E-state index in [2.05, 4.69) is 20.3 Å². The minimum Gasteiger partial charge on any atom is -0.445 e. The van der Waals surface area contributed by atoms with Crippen LogP contribution in [0.1, 0.15) is 113 Å². The highest BCUT2D eigenvalue weighted by atomic mass is 16.6. The largest absolute Gasteiger partial charge is 0.445 e. The number of pyridine rings is 1. The number of carbonyl (C=O) groups excluding carboxylic acids is 6. The minimum atomic E-state index is -0.861. The molecule has 1 aromatic heterocycles. The third-order valence-corrected chi connectivity index (χ3v) is 9.33. The van der Waals surface area contributed by atoms with Gasteiger partial charge in [-0.15, -0.1) is 0 Å². The Hall–Kier alpha value is -4.87. The van der Waals surface area contributed by atoms with Crippen molar-refractivity contribution in [1.29, 1.82) is 0 Å². The zero-order valence-electron chi connectivity index (χ0n) is 33.4. The van der Waals surface area contributed by atoms with Gasteiger partial charge in [0.1, 0.15) is 11.8 Å². The summed E-state index contributed by atoms with van der Waals surface area (Å²) in [5.74, 6) is -2.14. The molecule has 2 atom stereocenters. The Morgan fingerprint density at radius 3 is 2.30 bits per heavy atom. The van der Waals surface area contributed by atoms with Crippen LogP contribution in [0.3, 0.4) is 0 Å². The number of aromatic nitrogens is 1. The minimum absolute atomic E-state index is 0.0597. The van der Waals surface area contributed by atoms with Crippen molar-refractivity contribution >= 4 is 46.8 Å². The molecule has 1 saturated heterocycles. The summed E-state index contributed by atoms with van der Waals surface area (Å²) in [6.07, 6.45) is 7.23. The van der Waals surface area contributed by atoms with Gasteiger partial charge in [-0.2, -0.15) is 4.99 Å². The highest BCUT2D eigenvalue weighted by molar-refractivity contribution is 6.40. The summed E-state index contributed by atoms with van der Waals surface area (Å²) in [6.45, 7) is 16.4. The summed E-state index contributed by atoms with van der Waals surface area (Å²) in [5, 5.41) is 2.83. The molecule has 1 fully saturated rings. The maximum Gasteiger partial charge on any atom is 0.434 e. The first-order valence-electron chi connectivity index (χ1n) is 19.1. The Labute approximate surface area is 319 Å². The zero-order chi connectivity index (χ0) is 40.1. The number of nitrogens with one attached hydrogen (secondary N) is 1. The number of rotatable bonds is 16. The first-order valence-corrected chi connectivity index (χ1v) is 19.1. The van der Waals surface area contributed by atoms with Crippen LogP contribution < -0.4 is 5.32 Å². The maximum atomic E-state index is 14.3. The van der Waals surface area contributed by atoms with Crippen molar-refractivity contribution in [2.24, 2.45) is 21.8 Å². The molecule has 12 heteroatoms. The van der Waals surface area contributed by atoms with E-state index in [0.717, 1.165) is 0 Å². The maximum absolute atomic E-state index is 14.3. The molecule has 54 heavy (non-hydrogen) atoms. The highest BCUT2D eigenvalue weighted by Gasteiger charge is 2.37. The number of hydrogen-bond donors (Lipinski definition) is 1. The second kappa shape index (κ2) is 20.5. The van der Waals surface area contributed by atoms with E-state index < -0.39 is 29.9 Å². The van der Waals surface area contributed by atoms with Gasteiger partial charge in [-0.05, 0) is 118 Å². The third-order valence-electron chi connectivity index (χ3n) is 9.33. The smallest absolute Gasteiger partial charge is 0.434 e. The first-order chi connectivity index (χ1) is 25.5. The van der Waals surface area contributed by atoms with E-state index in [1.165, 1.54) is 4.90 Å². The molecular formula is C42H57N5O7. The van der Waals surface area contributed by atoms with Crippen molar-refractivity contribution in [2.75, 3.05) is 6.54 Å². The molecule has 0 radical (unpaired) electrons. The number of Topliss-reactive ketones (excluding diaryl/α,β-unsaturated/α-hetero) is 2. The Morgan fingerprint density at radius 1 is 0.963 bits per heavy atom. The topological polar surface area (TPSA) is 165 Å². The molecule has 0 bridgehead atoms. The van der Waals surface area contributed by atoms with E-state index in [9.17, 15) is 28.8 Å². The number of likely N-dealkylation sites (tertiary alicyclic amines) is 1. The van der Waals surface area contributed by atoms with Gasteiger partial charge in [0.15, 0.2) is 11.6 Å². The van der Waals surface area contributed by atoms with Crippen LogP contribution >= 0.6 is 0 Å². The van der Waals surface area contributed by atoms with Crippen LogP contribution in [-0.2, 0) is 35.1 Å². The van der Waals surface area contributed by atoms with Gasteiger partial charge in [-0.25, -0.2) is 9.79 Å². The van der Waals surface area contributed by atoms with E-state index >= 15 is 0 Å². The van der Waals surface area contributed by atoms with Crippen LogP contribution in [0.25, 0.3) is 0 Å². The van der Waals surface area contributed by atoms with Gasteiger partial charge < -0.3 is 15.0 Å². The average molecular weight is 744 g/mol. The highest BCUT2D eigenvalue weighted by Crippen LogP contribution is 2.28. The van der Waals surface area contributed by atoms with Crippen molar-refractivity contribution in [1.82, 2.24) is 15.2 Å². The van der Waals surface area contributed by atoms with Crippen molar-refractivity contribution in [3.63, 3.8) is 0 Å². The molecule has 3 rings (SSSR count). The van der Waals surface area contributed by atoms with E-state index in [-0.39, 0.29) is 54.1 Å². The summed E-state index contributed by atoms with van der Waals surface area (Å²) in [5.41, 5.74) is 3.06. The monoisotopic (exact) mass is 743 g/mol. The normalized spacial score (nSPS) is 17.8. The molecule has 1 aromatic rings. The standard InChI is InChI=1S/C42H57N5O7/c1-25(2)23-33(45-42(53)54-27(5)6)20-19-31(24-32-15-12-13-21-43-32)41(52)47-22-14-18-36(47)40(51)46-35(39(50)44-26(3)4)17-11-10-16-34-30(9)37(48)28(7)29(8)38(34)49/h12-13,15,19-21,25-27,31,36H,10-11,14,16-18,22-24H2,1-9H3,(H,44,50)/b20-19+,45-33+,46-35+/t31-,36+/m1/s1. The number of carbonyl (C=O) groups is 6. The number of allylic oxidation sites excluding steroid dienone is 5. The van der Waals surface area contributed by atoms with E-state index in [4.69, 9.17) is 4.74 Å². The molecular weight excluding hydrogens is 686 g/mol. The fourth-order valence-corrected chi connectivity index (χ4v) is 6.45. The predicted octanol–water partition coefficient (Wildman–Crippen LogP) is 6.68. The second-order valence-electron chi connectivity index (χ2n) is 15.1. The number of nitrogens with zero attached hydrogens (tertiary/aromatic N) is 4. The lowest BCUT2D eigenvalue weighted by Gasteiger charge is -2.26. The summed E-state index contributed by atoms with van der Waals surface area (Å²) in [7, 11) is 0. The number of unbranched alkanes of at least 4 members (excludes halogenated alkanes) is 1. The summed E-state index contributed by atoms with van der Waals surface area (Å²) >= 11 is 0. The summed E-state index contributed by atoms with van der Waals surface area (Å²) in [4.78, 5) is 93.8. The molecule has 0 saturated carbocycles. The van der Waals surface area contributed by atoms with Crippen molar-refractivity contribution in [3.05, 3.63) is 64.5 Å². The van der Waals surface area contributed by atoms with Gasteiger partial charge in [0.2, 0.25) is 5.91 Å². The lowest BCUT2D eigenvalue weighted by atomic mass is 9.84. The van der Waals surface area contributed by atoms with Gasteiger partial charge >= 0.3 is 6.09 Å². The number of ketones is 2. The fourth-order valence-electron chi connectivity index (χ4n) is 6.45. The Balaban J connectivity index is 1.85. The molecule has 1 N–H and O–H groups in total. The molecule has 12 nitrogen and oxygen atoms in total. The summed E-state index contributed by atoms with van der Waals surface area (Å²) in [6, 6.07) is 4.39. The molecule has 292 valence electrons. The molecule has 2 heterocycles. The molecule has 0 spiro atoms. The third kappa shape index (κ3) is 12.6. The first kappa shape index (κ1) is 43.5. The van der Waals surface area contributed by atoms with Gasteiger partial charge in [-0.1, -0.05) is 26.0 Å². The number of hydrogen-bond acceptors (Lipinski definition) is 8. The molecule has 2 aliphatic rings. The van der Waals surface area contributed by atoms with Crippen LogP contribution in [-0.4, -0.2) is 81.4 Å². The van der Waals surface area contributed by atoms with Gasteiger partial charge in [0.25, 0.3) is 11.8 Å². The van der Waals surface area contributed by atoms with Crippen molar-refractivity contribution in [3.8, 4) is 0 Å². The van der Waals surface area contributed by atoms with E-state index in [1.54, 1.807) is 59.0 Å². The lowest BCUT2D eigenvalue weighted by molar-refractivity contribution is -0.139. The molecule has 0 aromatic carbocycles. The molecule has 1 aliphatic carbocycles. The Bertz CT molecular complexity index is 1730. The predicted molar refractivity (Wildman–Crippen MR) is 209 cm³/mol. The Kier molecular flexibility index (Phi) is 16.6. The summed E-state index contributed by atoms with van der Waals surface area (Å²) < 4.78 is 5.23. The van der Waals surface area contributed by atoms with Gasteiger partial charge in [0.05, 0.1) is 12.0 Å². The van der Waals surface area contributed by atoms with Crippen LogP contribution in [0.4, 0.5) is 4.79 Å². The van der Waals surface area contributed by atoms with Crippen molar-refractivity contribution < 1.29 is 33.5 Å². The lowest BCUT2D eigenvalue weighted by Crippen LogP contribution is -2.44. The van der Waals surface area contributed by atoms with Crippen LogP contribution in [0, 0.1) is 11.8 Å².